The Labute approximate surface area is 152 Å². The van der Waals surface area contributed by atoms with E-state index in [4.69, 9.17) is 11.6 Å². The Balaban J connectivity index is 1.73. The van der Waals surface area contributed by atoms with Crippen molar-refractivity contribution in [2.75, 3.05) is 5.32 Å². The minimum atomic E-state index is -0.664. The Morgan fingerprint density at radius 2 is 2.04 bits per heavy atom. The van der Waals surface area contributed by atoms with Crippen LogP contribution in [0.4, 0.5) is 15.9 Å². The second-order valence-corrected chi connectivity index (χ2v) is 5.77. The first kappa shape index (κ1) is 17.6. The van der Waals surface area contributed by atoms with Crippen molar-refractivity contribution in [1.29, 1.82) is 0 Å². The van der Waals surface area contributed by atoms with Crippen molar-refractivity contribution in [2.45, 2.75) is 6.54 Å². The van der Waals surface area contributed by atoms with E-state index >= 15 is 0 Å². The maximum atomic E-state index is 13.7. The molecule has 1 N–H and O–H groups in total. The zero-order valence-corrected chi connectivity index (χ0v) is 14.0. The van der Waals surface area contributed by atoms with Gasteiger partial charge >= 0.3 is 0 Å². The molecule has 2 aromatic carbocycles. The highest BCUT2D eigenvalue weighted by atomic mass is 35.5. The van der Waals surface area contributed by atoms with Crippen LogP contribution < -0.4 is 5.32 Å². The summed E-state index contributed by atoms with van der Waals surface area (Å²) in [6, 6.07) is 11.6. The fraction of sp³-hybridized carbons (Fsp3) is 0.0588. The summed E-state index contributed by atoms with van der Waals surface area (Å²) in [7, 11) is 0. The zero-order valence-electron chi connectivity index (χ0n) is 13.2. The third kappa shape index (κ3) is 3.86. The zero-order chi connectivity index (χ0) is 18.7. The molecule has 0 saturated heterocycles. The molecule has 132 valence electrons. The van der Waals surface area contributed by atoms with Crippen LogP contribution in [0.25, 0.3) is 0 Å². The maximum absolute atomic E-state index is 13.7. The molecule has 1 amide bonds. The van der Waals surface area contributed by atoms with Crippen LogP contribution in [0.1, 0.15) is 15.9 Å². The van der Waals surface area contributed by atoms with Gasteiger partial charge in [-0.25, -0.2) is 4.39 Å². The summed E-state index contributed by atoms with van der Waals surface area (Å²) in [5, 5.41) is 17.5. The predicted molar refractivity (Wildman–Crippen MR) is 93.8 cm³/mol. The van der Waals surface area contributed by atoms with Gasteiger partial charge in [0.15, 0.2) is 5.82 Å². The molecular formula is C17H12ClFN4O3. The minimum absolute atomic E-state index is 0.0549. The van der Waals surface area contributed by atoms with Crippen LogP contribution in [-0.2, 0) is 6.54 Å². The fourth-order valence-electron chi connectivity index (χ4n) is 2.30. The molecule has 0 aliphatic heterocycles. The van der Waals surface area contributed by atoms with E-state index in [1.54, 1.807) is 30.5 Å². The lowest BCUT2D eigenvalue weighted by Gasteiger charge is -2.04. The monoisotopic (exact) mass is 374 g/mol. The van der Waals surface area contributed by atoms with Gasteiger partial charge in [0.05, 0.1) is 11.5 Å². The van der Waals surface area contributed by atoms with Gasteiger partial charge in [0, 0.05) is 29.5 Å². The molecule has 3 aromatic rings. The van der Waals surface area contributed by atoms with Gasteiger partial charge in [-0.1, -0.05) is 29.8 Å². The van der Waals surface area contributed by atoms with Gasteiger partial charge in [-0.05, 0) is 18.2 Å². The molecule has 0 radical (unpaired) electrons. The van der Waals surface area contributed by atoms with Gasteiger partial charge in [-0.15, -0.1) is 0 Å². The van der Waals surface area contributed by atoms with Crippen molar-refractivity contribution < 1.29 is 14.1 Å². The van der Waals surface area contributed by atoms with Crippen LogP contribution in [0.3, 0.4) is 0 Å². The predicted octanol–water partition coefficient (Wildman–Crippen LogP) is 3.88. The molecule has 26 heavy (non-hydrogen) atoms. The third-order valence-corrected chi connectivity index (χ3v) is 3.90. The summed E-state index contributed by atoms with van der Waals surface area (Å²) in [5.74, 6) is -0.674. The highest BCUT2D eigenvalue weighted by Crippen LogP contribution is 2.25. The molecule has 0 atom stereocenters. The summed E-state index contributed by atoms with van der Waals surface area (Å²) < 4.78 is 15.1. The molecule has 0 aliphatic rings. The Bertz CT molecular complexity index is 990. The summed E-state index contributed by atoms with van der Waals surface area (Å²) in [6.45, 7) is 0.203. The van der Waals surface area contributed by atoms with E-state index in [2.05, 4.69) is 10.4 Å². The molecular weight excluding hydrogens is 363 g/mol. The Morgan fingerprint density at radius 1 is 1.27 bits per heavy atom. The second-order valence-electron chi connectivity index (χ2n) is 5.37. The molecule has 7 nitrogen and oxygen atoms in total. The van der Waals surface area contributed by atoms with Crippen LogP contribution in [-0.4, -0.2) is 20.6 Å². The van der Waals surface area contributed by atoms with Gasteiger partial charge in [0.25, 0.3) is 11.6 Å². The smallest absolute Gasteiger partial charge is 0.288 e. The highest BCUT2D eigenvalue weighted by molar-refractivity contribution is 6.32. The van der Waals surface area contributed by atoms with Crippen molar-refractivity contribution in [2.24, 2.45) is 0 Å². The summed E-state index contributed by atoms with van der Waals surface area (Å²) in [4.78, 5) is 22.5. The van der Waals surface area contributed by atoms with E-state index in [1.165, 1.54) is 22.9 Å². The fourth-order valence-corrected chi connectivity index (χ4v) is 2.49. The number of benzene rings is 2. The van der Waals surface area contributed by atoms with Gasteiger partial charge in [-0.3, -0.25) is 19.6 Å². The molecule has 0 unspecified atom stereocenters. The van der Waals surface area contributed by atoms with Crippen LogP contribution in [0.2, 0.25) is 5.02 Å². The second kappa shape index (κ2) is 7.32. The van der Waals surface area contributed by atoms with Crippen molar-refractivity contribution in [1.82, 2.24) is 9.78 Å². The number of anilines is 1. The Morgan fingerprint density at radius 3 is 2.77 bits per heavy atom. The molecule has 0 bridgehead atoms. The first-order valence-corrected chi connectivity index (χ1v) is 7.84. The van der Waals surface area contributed by atoms with Gasteiger partial charge in [-0.2, -0.15) is 5.10 Å². The van der Waals surface area contributed by atoms with E-state index in [1.807, 2.05) is 0 Å². The summed E-state index contributed by atoms with van der Waals surface area (Å²) >= 11 is 5.73. The molecule has 3 rings (SSSR count). The van der Waals surface area contributed by atoms with Gasteiger partial charge in [0.2, 0.25) is 0 Å². The Kier molecular flexibility index (Phi) is 4.94. The molecule has 9 heteroatoms. The molecule has 0 spiro atoms. The van der Waals surface area contributed by atoms with Crippen LogP contribution in [0, 0.1) is 15.9 Å². The van der Waals surface area contributed by atoms with Gasteiger partial charge in [0.1, 0.15) is 10.8 Å². The van der Waals surface area contributed by atoms with E-state index < -0.39 is 10.8 Å². The lowest BCUT2D eigenvalue weighted by Crippen LogP contribution is -2.13. The number of halogens is 2. The standard InChI is InChI=1S/C17H12ClFN4O3/c18-13-6-5-11(9-15(13)23(25)26)17(24)20-16-7-8-22(21-16)10-12-3-1-2-4-14(12)19/h1-9H,10H2,(H,20,21,24). The normalized spacial score (nSPS) is 10.5. The number of nitrogens with one attached hydrogen (secondary N) is 1. The third-order valence-electron chi connectivity index (χ3n) is 3.58. The quantitative estimate of drug-likeness (QED) is 0.542. The first-order valence-electron chi connectivity index (χ1n) is 7.46. The number of carbonyl (C=O) groups excluding carboxylic acids is 1. The number of rotatable bonds is 5. The first-order chi connectivity index (χ1) is 12.4. The van der Waals surface area contributed by atoms with Crippen LogP contribution in [0.15, 0.2) is 54.7 Å². The average Bonchev–Trinajstić information content (AvgIpc) is 3.04. The van der Waals surface area contributed by atoms with Crippen molar-refractivity contribution in [3.8, 4) is 0 Å². The van der Waals surface area contributed by atoms with E-state index in [0.717, 1.165) is 6.07 Å². The van der Waals surface area contributed by atoms with E-state index in [-0.39, 0.29) is 34.5 Å². The lowest BCUT2D eigenvalue weighted by molar-refractivity contribution is -0.384. The van der Waals surface area contributed by atoms with E-state index in [0.29, 0.717) is 5.56 Å². The topological polar surface area (TPSA) is 90.1 Å². The van der Waals surface area contributed by atoms with Crippen LogP contribution >= 0.6 is 11.6 Å². The number of carbonyl (C=O) groups is 1. The number of nitro benzene ring substituents is 1. The molecule has 0 aliphatic carbocycles. The summed E-state index contributed by atoms with van der Waals surface area (Å²) in [6.07, 6.45) is 1.59. The molecule has 0 saturated carbocycles. The lowest BCUT2D eigenvalue weighted by atomic mass is 10.2. The number of nitrogens with zero attached hydrogens (tertiary/aromatic N) is 3. The van der Waals surface area contributed by atoms with Gasteiger partial charge < -0.3 is 5.32 Å². The number of amides is 1. The maximum Gasteiger partial charge on any atom is 0.288 e. The van der Waals surface area contributed by atoms with E-state index in [9.17, 15) is 19.3 Å². The number of hydrogen-bond donors (Lipinski definition) is 1. The largest absolute Gasteiger partial charge is 0.305 e. The number of hydrogen-bond acceptors (Lipinski definition) is 4. The minimum Gasteiger partial charge on any atom is -0.305 e. The van der Waals surface area contributed by atoms with Crippen LogP contribution in [0.5, 0.6) is 0 Å². The number of aromatic nitrogens is 2. The highest BCUT2D eigenvalue weighted by Gasteiger charge is 2.17. The molecule has 0 fully saturated rings. The number of nitro groups is 1. The molecule has 1 aromatic heterocycles. The Hall–Kier alpha value is -3.26. The van der Waals surface area contributed by atoms with Crippen molar-refractivity contribution in [3.63, 3.8) is 0 Å². The SMILES string of the molecule is O=C(Nc1ccn(Cc2ccccc2F)n1)c1ccc(Cl)c([N+](=O)[O-])c1. The summed E-state index contributed by atoms with van der Waals surface area (Å²) in [5.41, 5.74) is 0.177. The van der Waals surface area contributed by atoms with Crippen molar-refractivity contribution in [3.05, 3.63) is 86.8 Å². The van der Waals surface area contributed by atoms with Crippen molar-refractivity contribution >= 4 is 29.0 Å². The average molecular weight is 375 g/mol. The molecule has 1 heterocycles.